The summed E-state index contributed by atoms with van der Waals surface area (Å²) in [6.07, 6.45) is -11.1. The van der Waals surface area contributed by atoms with Crippen LogP contribution >= 0.6 is 0 Å². The van der Waals surface area contributed by atoms with E-state index in [4.69, 9.17) is 29.7 Å². The zero-order chi connectivity index (χ0) is 39.8. The maximum atomic E-state index is 12.3. The average Bonchev–Trinajstić information content (AvgIpc) is 3.47. The van der Waals surface area contributed by atoms with Crippen molar-refractivity contribution < 1.29 is 79.1 Å². The Bertz CT molecular complexity index is 1700. The molecule has 14 nitrogen and oxygen atoms in total. The number of anilines is 2. The first kappa shape index (κ1) is 44.0. The molecule has 4 heterocycles. The van der Waals surface area contributed by atoms with E-state index in [1.54, 1.807) is 29.0 Å². The Kier molecular flexibility index (Phi) is 16.4. The predicted molar refractivity (Wildman–Crippen MR) is 160 cm³/mol. The number of carboxylic acids is 1. The van der Waals surface area contributed by atoms with Crippen LogP contribution in [0, 0.1) is 0 Å². The van der Waals surface area contributed by atoms with E-state index in [1.165, 1.54) is 6.20 Å². The molecule has 52 heavy (non-hydrogen) atoms. The second kappa shape index (κ2) is 19.4. The molecule has 5 rings (SSSR count). The van der Waals surface area contributed by atoms with Gasteiger partial charge in [-0.25, -0.2) is 14.3 Å². The van der Waals surface area contributed by atoms with Crippen molar-refractivity contribution in [3.8, 4) is 0 Å². The van der Waals surface area contributed by atoms with Crippen LogP contribution in [-0.2, 0) is 20.0 Å². The van der Waals surface area contributed by atoms with Gasteiger partial charge < -0.3 is 30.6 Å². The van der Waals surface area contributed by atoms with Gasteiger partial charge in [0.2, 0.25) is 0 Å². The summed E-state index contributed by atoms with van der Waals surface area (Å²) in [6, 6.07) is 17.0. The van der Waals surface area contributed by atoms with Crippen LogP contribution in [0.5, 0.6) is 0 Å². The van der Waals surface area contributed by atoms with Gasteiger partial charge >= 0.3 is 24.5 Å². The van der Waals surface area contributed by atoms with E-state index in [2.05, 4.69) is 25.3 Å². The molecule has 5 N–H and O–H groups in total. The lowest BCUT2D eigenvalue weighted by molar-refractivity contribution is -0.339. The molecule has 0 radical (unpaired) electrons. The summed E-state index contributed by atoms with van der Waals surface area (Å²) < 4.78 is 96.0. The van der Waals surface area contributed by atoms with Gasteiger partial charge in [0.1, 0.15) is 5.82 Å². The normalized spacial score (nSPS) is 13.5. The van der Waals surface area contributed by atoms with Gasteiger partial charge in [-0.1, -0.05) is 30.3 Å². The molecular weight excluding hydrogens is 731 g/mol. The van der Waals surface area contributed by atoms with Crippen molar-refractivity contribution in [2.75, 3.05) is 23.3 Å². The van der Waals surface area contributed by atoms with E-state index in [9.17, 15) is 49.4 Å². The number of fused-ring (bicyclic) bond motifs is 1. The number of aliphatic hydroxyl groups is 1. The highest BCUT2D eigenvalue weighted by molar-refractivity contribution is 6.03. The van der Waals surface area contributed by atoms with Crippen molar-refractivity contribution in [1.29, 1.82) is 0 Å². The Hall–Kier alpha value is -6.00. The SMILES string of the molecule is FC(F)(F)C(F)(F)F.O=C(Nc1cn2nc(N3CCC(O)(c4ccccc4)CC3)ccc2n1)c1cccnc1.O=C(O)C(F)(F)F.O=CO.O=CO. The molecule has 1 fully saturated rings. The van der Waals surface area contributed by atoms with Crippen LogP contribution in [-0.4, -0.2) is 96.4 Å². The summed E-state index contributed by atoms with van der Waals surface area (Å²) in [4.78, 5) is 48.5. The molecule has 0 unspecified atom stereocenters. The Morgan fingerprint density at radius 2 is 1.35 bits per heavy atom. The van der Waals surface area contributed by atoms with Crippen LogP contribution in [0.2, 0.25) is 0 Å². The number of aromatic nitrogens is 4. The van der Waals surface area contributed by atoms with Gasteiger partial charge in [-0.3, -0.25) is 19.4 Å². The number of imidazole rings is 1. The number of pyridine rings is 1. The number of carbonyl (C=O) groups is 4. The third-order valence-electron chi connectivity index (χ3n) is 6.26. The van der Waals surface area contributed by atoms with Gasteiger partial charge in [0.05, 0.1) is 17.4 Å². The fraction of sp³-hybridized carbons (Fsp3) is 0.276. The summed E-state index contributed by atoms with van der Waals surface area (Å²) in [5.41, 5.74) is 1.26. The topological polar surface area (TPSA) is 208 Å². The summed E-state index contributed by atoms with van der Waals surface area (Å²) in [5, 5.41) is 39.4. The number of alkyl halides is 9. The van der Waals surface area contributed by atoms with Crippen LogP contribution in [0.25, 0.3) is 5.65 Å². The number of carbonyl (C=O) groups excluding carboxylic acids is 1. The highest BCUT2D eigenvalue weighted by atomic mass is 19.5. The molecule has 0 saturated carbocycles. The largest absolute Gasteiger partial charge is 0.490 e. The summed E-state index contributed by atoms with van der Waals surface area (Å²) in [5.74, 6) is -1.79. The minimum absolute atomic E-state index is 0.250. The molecule has 1 aliphatic heterocycles. The number of hydrogen-bond acceptors (Lipinski definition) is 9. The van der Waals surface area contributed by atoms with E-state index in [0.29, 0.717) is 43.0 Å². The number of carboxylic acid groups (broad SMARTS) is 3. The number of rotatable bonds is 4. The standard InChI is InChI=1S/C23H22N6O2.C2F6.C2HF3O2.2CH2O2/c30-22(17-5-4-12-24-15-17)26-19-16-29-20(25-19)8-9-21(27-29)28-13-10-23(31,11-14-28)18-6-2-1-3-7-18;3-1(4,5)2(6,7)8;3-2(4,5)1(6)7;2*2-1-3/h1-9,12,15-16,31H,10-11,13-14H2,(H,26,30);;(H,6,7);2*1H,(H,2,3). The molecule has 1 aromatic carbocycles. The van der Waals surface area contributed by atoms with Gasteiger partial charge in [-0.2, -0.15) is 39.5 Å². The summed E-state index contributed by atoms with van der Waals surface area (Å²) in [7, 11) is 0. The maximum absolute atomic E-state index is 12.3. The zero-order valence-electron chi connectivity index (χ0n) is 26.0. The highest BCUT2D eigenvalue weighted by Crippen LogP contribution is 2.36. The van der Waals surface area contributed by atoms with E-state index >= 15 is 0 Å². The van der Waals surface area contributed by atoms with Crippen molar-refractivity contribution in [3.63, 3.8) is 0 Å². The zero-order valence-corrected chi connectivity index (χ0v) is 26.0. The van der Waals surface area contributed by atoms with Crippen LogP contribution in [0.4, 0.5) is 51.1 Å². The van der Waals surface area contributed by atoms with Crippen molar-refractivity contribution >= 4 is 42.1 Å². The number of amides is 1. The average molecular weight is 759 g/mol. The first-order valence-corrected chi connectivity index (χ1v) is 13.8. The third kappa shape index (κ3) is 14.1. The molecule has 1 aliphatic rings. The maximum Gasteiger partial charge on any atom is 0.490 e. The van der Waals surface area contributed by atoms with Crippen LogP contribution in [0.1, 0.15) is 28.8 Å². The number of halogens is 9. The minimum Gasteiger partial charge on any atom is -0.483 e. The number of nitrogens with zero attached hydrogens (tertiary/aromatic N) is 5. The number of hydrogen-bond donors (Lipinski definition) is 5. The smallest absolute Gasteiger partial charge is 0.483 e. The first-order chi connectivity index (χ1) is 24.1. The minimum atomic E-state index is -6.06. The van der Waals surface area contributed by atoms with E-state index in [-0.39, 0.29) is 18.9 Å². The molecule has 0 atom stereocenters. The van der Waals surface area contributed by atoms with Crippen molar-refractivity contribution in [1.82, 2.24) is 19.6 Å². The molecule has 0 spiro atoms. The lowest BCUT2D eigenvalue weighted by Gasteiger charge is -2.39. The van der Waals surface area contributed by atoms with Crippen LogP contribution < -0.4 is 10.2 Å². The molecule has 3 aromatic heterocycles. The van der Waals surface area contributed by atoms with Gasteiger partial charge in [0.25, 0.3) is 18.9 Å². The molecule has 4 aromatic rings. The van der Waals surface area contributed by atoms with E-state index in [0.717, 1.165) is 11.4 Å². The molecule has 0 bridgehead atoms. The summed E-state index contributed by atoms with van der Waals surface area (Å²) in [6.45, 7) is 0.895. The van der Waals surface area contributed by atoms with Crippen molar-refractivity contribution in [2.24, 2.45) is 0 Å². The molecule has 23 heteroatoms. The first-order valence-electron chi connectivity index (χ1n) is 13.8. The monoisotopic (exact) mass is 758 g/mol. The van der Waals surface area contributed by atoms with Crippen molar-refractivity contribution in [3.05, 3.63) is 84.3 Å². The Labute approximate surface area is 285 Å². The summed E-state index contributed by atoms with van der Waals surface area (Å²) >= 11 is 0. The molecule has 0 aliphatic carbocycles. The number of nitrogens with one attached hydrogen (secondary N) is 1. The van der Waals surface area contributed by atoms with Gasteiger partial charge in [-0.15, -0.1) is 5.10 Å². The predicted octanol–water partition coefficient (Wildman–Crippen LogP) is 5.01. The highest BCUT2D eigenvalue weighted by Gasteiger charge is 2.58. The second-order valence-corrected chi connectivity index (χ2v) is 9.71. The van der Waals surface area contributed by atoms with Crippen LogP contribution in [0.3, 0.4) is 0 Å². The number of aliphatic carboxylic acids is 1. The van der Waals surface area contributed by atoms with Gasteiger partial charge in [-0.05, 0) is 42.7 Å². The second-order valence-electron chi connectivity index (χ2n) is 9.71. The lowest BCUT2D eigenvalue weighted by Crippen LogP contribution is -2.43. The third-order valence-corrected chi connectivity index (χ3v) is 6.26. The molecular formula is C29H27F9N6O8. The Morgan fingerprint density at radius 1 is 0.827 bits per heavy atom. The fourth-order valence-electron chi connectivity index (χ4n) is 3.93. The molecule has 284 valence electrons. The van der Waals surface area contributed by atoms with E-state index < -0.39 is 30.1 Å². The van der Waals surface area contributed by atoms with Crippen molar-refractivity contribution in [2.45, 2.75) is 37.0 Å². The van der Waals surface area contributed by atoms with Gasteiger partial charge in [0.15, 0.2) is 11.5 Å². The lowest BCUT2D eigenvalue weighted by atomic mass is 9.84. The number of benzene rings is 1. The number of piperidine rings is 1. The fourth-order valence-corrected chi connectivity index (χ4v) is 3.93. The molecule has 1 saturated heterocycles. The van der Waals surface area contributed by atoms with E-state index in [1.807, 2.05) is 42.5 Å². The molecule has 1 amide bonds. The van der Waals surface area contributed by atoms with Crippen LogP contribution in [0.15, 0.2) is 73.2 Å². The Balaban J connectivity index is 0.000000531. The van der Waals surface area contributed by atoms with Gasteiger partial charge in [0, 0.05) is 25.5 Å². The Morgan fingerprint density at radius 3 is 1.79 bits per heavy atom. The quantitative estimate of drug-likeness (QED) is 0.138.